The average Bonchev–Trinajstić information content (AvgIpc) is 3.02. The second kappa shape index (κ2) is 6.14. The van der Waals surface area contributed by atoms with Gasteiger partial charge in [-0.05, 0) is 18.2 Å². The van der Waals surface area contributed by atoms with Crippen molar-refractivity contribution in [3.8, 4) is 11.5 Å². The van der Waals surface area contributed by atoms with Crippen LogP contribution >= 0.6 is 0 Å². The topological polar surface area (TPSA) is 103 Å². The number of rotatable bonds is 4. The number of fused-ring (bicyclic) bond motifs is 1. The summed E-state index contributed by atoms with van der Waals surface area (Å²) in [4.78, 5) is 22.2. The van der Waals surface area contributed by atoms with Gasteiger partial charge in [-0.2, -0.15) is 5.10 Å². The number of hydrazone groups is 1. The van der Waals surface area contributed by atoms with Gasteiger partial charge in [0.2, 0.25) is 6.79 Å². The van der Waals surface area contributed by atoms with E-state index >= 15 is 0 Å². The van der Waals surface area contributed by atoms with Crippen LogP contribution in [0.15, 0.2) is 47.6 Å². The van der Waals surface area contributed by atoms with Gasteiger partial charge in [-0.1, -0.05) is 12.1 Å². The zero-order valence-electron chi connectivity index (χ0n) is 11.8. The SMILES string of the molecule is O=C(N/N=C\c1cccc([N+](=O)[O-])c1)c1ccc2c(c1)OCO2. The molecule has 23 heavy (non-hydrogen) atoms. The van der Waals surface area contributed by atoms with Crippen molar-refractivity contribution < 1.29 is 19.2 Å². The molecule has 0 fully saturated rings. The Hall–Kier alpha value is -3.42. The Labute approximate surface area is 130 Å². The van der Waals surface area contributed by atoms with Crippen molar-refractivity contribution in [1.82, 2.24) is 5.43 Å². The minimum absolute atomic E-state index is 0.0453. The Bertz CT molecular complexity index is 803. The fourth-order valence-electron chi connectivity index (χ4n) is 1.99. The van der Waals surface area contributed by atoms with Crippen molar-refractivity contribution in [1.29, 1.82) is 0 Å². The minimum atomic E-state index is -0.497. The first-order valence-corrected chi connectivity index (χ1v) is 6.61. The molecule has 1 amide bonds. The molecule has 1 aliphatic rings. The van der Waals surface area contributed by atoms with Gasteiger partial charge in [-0.15, -0.1) is 0 Å². The molecule has 1 aliphatic heterocycles. The molecule has 0 unspecified atom stereocenters. The third-order valence-corrected chi connectivity index (χ3v) is 3.10. The van der Waals surface area contributed by atoms with E-state index in [1.807, 2.05) is 0 Å². The summed E-state index contributed by atoms with van der Waals surface area (Å²) in [6, 6.07) is 10.7. The second-order valence-electron chi connectivity index (χ2n) is 4.62. The summed E-state index contributed by atoms with van der Waals surface area (Å²) in [7, 11) is 0. The first kappa shape index (κ1) is 14.5. The molecule has 0 bridgehead atoms. The van der Waals surface area contributed by atoms with E-state index in [0.717, 1.165) is 0 Å². The number of amides is 1. The lowest BCUT2D eigenvalue weighted by molar-refractivity contribution is -0.384. The Morgan fingerprint density at radius 2 is 2.04 bits per heavy atom. The summed E-state index contributed by atoms with van der Waals surface area (Å²) < 4.78 is 10.4. The molecule has 0 atom stereocenters. The maximum atomic E-state index is 12.0. The van der Waals surface area contributed by atoms with Gasteiger partial charge in [0.05, 0.1) is 11.1 Å². The van der Waals surface area contributed by atoms with Gasteiger partial charge in [0.15, 0.2) is 11.5 Å². The van der Waals surface area contributed by atoms with Crippen LogP contribution in [-0.4, -0.2) is 23.8 Å². The molecular formula is C15H11N3O5. The van der Waals surface area contributed by atoms with E-state index < -0.39 is 10.8 Å². The number of benzene rings is 2. The quantitative estimate of drug-likeness (QED) is 0.529. The zero-order chi connectivity index (χ0) is 16.2. The molecule has 0 radical (unpaired) electrons. The Morgan fingerprint density at radius 3 is 2.87 bits per heavy atom. The highest BCUT2D eigenvalue weighted by molar-refractivity contribution is 5.95. The van der Waals surface area contributed by atoms with Gasteiger partial charge in [-0.3, -0.25) is 14.9 Å². The third kappa shape index (κ3) is 3.26. The van der Waals surface area contributed by atoms with E-state index in [4.69, 9.17) is 9.47 Å². The highest BCUT2D eigenvalue weighted by atomic mass is 16.7. The number of hydrogen-bond acceptors (Lipinski definition) is 6. The normalized spacial score (nSPS) is 12.3. The third-order valence-electron chi connectivity index (χ3n) is 3.10. The van der Waals surface area contributed by atoms with E-state index in [2.05, 4.69) is 10.5 Å². The van der Waals surface area contributed by atoms with Crippen LogP contribution in [0.2, 0.25) is 0 Å². The predicted molar refractivity (Wildman–Crippen MR) is 80.7 cm³/mol. The van der Waals surface area contributed by atoms with Crippen LogP contribution in [-0.2, 0) is 0 Å². The van der Waals surface area contributed by atoms with Crippen LogP contribution in [0.4, 0.5) is 5.69 Å². The fraction of sp³-hybridized carbons (Fsp3) is 0.0667. The van der Waals surface area contributed by atoms with Gasteiger partial charge >= 0.3 is 0 Å². The average molecular weight is 313 g/mol. The molecular weight excluding hydrogens is 302 g/mol. The largest absolute Gasteiger partial charge is 0.454 e. The Kier molecular flexibility index (Phi) is 3.88. The van der Waals surface area contributed by atoms with Crippen LogP contribution in [0.3, 0.4) is 0 Å². The number of ether oxygens (including phenoxy) is 2. The maximum Gasteiger partial charge on any atom is 0.271 e. The molecule has 8 nitrogen and oxygen atoms in total. The Morgan fingerprint density at radius 1 is 1.22 bits per heavy atom. The van der Waals surface area contributed by atoms with Crippen LogP contribution in [0.5, 0.6) is 11.5 Å². The number of carbonyl (C=O) groups is 1. The monoisotopic (exact) mass is 313 g/mol. The number of nitrogens with one attached hydrogen (secondary N) is 1. The van der Waals surface area contributed by atoms with Crippen LogP contribution in [0.25, 0.3) is 0 Å². The minimum Gasteiger partial charge on any atom is -0.454 e. The summed E-state index contributed by atoms with van der Waals surface area (Å²) in [6.07, 6.45) is 1.33. The summed E-state index contributed by atoms with van der Waals surface area (Å²) in [6.45, 7) is 0.130. The molecule has 0 saturated carbocycles. The van der Waals surface area contributed by atoms with Crippen molar-refractivity contribution in [3.63, 3.8) is 0 Å². The molecule has 8 heteroatoms. The molecule has 1 heterocycles. The molecule has 1 N–H and O–H groups in total. The van der Waals surface area contributed by atoms with E-state index in [0.29, 0.717) is 22.6 Å². The van der Waals surface area contributed by atoms with E-state index in [1.54, 1.807) is 30.3 Å². The van der Waals surface area contributed by atoms with Crippen molar-refractivity contribution in [2.75, 3.05) is 6.79 Å². The number of non-ortho nitro benzene ring substituents is 1. The molecule has 0 aromatic heterocycles. The first-order chi connectivity index (χ1) is 11.1. The lowest BCUT2D eigenvalue weighted by atomic mass is 10.2. The molecule has 0 saturated heterocycles. The lowest BCUT2D eigenvalue weighted by Gasteiger charge is -2.01. The zero-order valence-corrected chi connectivity index (χ0v) is 11.8. The number of nitrogens with zero attached hydrogens (tertiary/aromatic N) is 2. The van der Waals surface area contributed by atoms with Gasteiger partial charge in [0.1, 0.15) is 0 Å². The van der Waals surface area contributed by atoms with Crippen LogP contribution < -0.4 is 14.9 Å². The van der Waals surface area contributed by atoms with Gasteiger partial charge < -0.3 is 9.47 Å². The van der Waals surface area contributed by atoms with Crippen LogP contribution in [0, 0.1) is 10.1 Å². The number of nitro benzene ring substituents is 1. The van der Waals surface area contributed by atoms with Gasteiger partial charge in [-0.25, -0.2) is 5.43 Å². The lowest BCUT2D eigenvalue weighted by Crippen LogP contribution is -2.17. The highest BCUT2D eigenvalue weighted by Crippen LogP contribution is 2.32. The number of nitro groups is 1. The van der Waals surface area contributed by atoms with Crippen molar-refractivity contribution in [3.05, 3.63) is 63.7 Å². The van der Waals surface area contributed by atoms with Crippen molar-refractivity contribution in [2.24, 2.45) is 5.10 Å². The van der Waals surface area contributed by atoms with E-state index in [1.165, 1.54) is 18.3 Å². The molecule has 2 aromatic rings. The molecule has 2 aromatic carbocycles. The second-order valence-corrected chi connectivity index (χ2v) is 4.62. The van der Waals surface area contributed by atoms with Gasteiger partial charge in [0, 0.05) is 23.3 Å². The first-order valence-electron chi connectivity index (χ1n) is 6.61. The van der Waals surface area contributed by atoms with E-state index in [9.17, 15) is 14.9 Å². The predicted octanol–water partition coefficient (Wildman–Crippen LogP) is 2.09. The summed E-state index contributed by atoms with van der Waals surface area (Å²) in [5, 5.41) is 14.5. The fourth-order valence-corrected chi connectivity index (χ4v) is 1.99. The molecule has 0 aliphatic carbocycles. The van der Waals surface area contributed by atoms with Crippen molar-refractivity contribution >= 4 is 17.8 Å². The van der Waals surface area contributed by atoms with E-state index in [-0.39, 0.29) is 12.5 Å². The van der Waals surface area contributed by atoms with Crippen LogP contribution in [0.1, 0.15) is 15.9 Å². The smallest absolute Gasteiger partial charge is 0.271 e. The maximum absolute atomic E-state index is 12.0. The Balaban J connectivity index is 1.67. The summed E-state index contributed by atoms with van der Waals surface area (Å²) in [5.41, 5.74) is 3.18. The summed E-state index contributed by atoms with van der Waals surface area (Å²) in [5.74, 6) is 0.659. The van der Waals surface area contributed by atoms with Crippen molar-refractivity contribution in [2.45, 2.75) is 0 Å². The summed E-state index contributed by atoms with van der Waals surface area (Å²) >= 11 is 0. The number of hydrogen-bond donors (Lipinski definition) is 1. The molecule has 0 spiro atoms. The van der Waals surface area contributed by atoms with Gasteiger partial charge in [0.25, 0.3) is 11.6 Å². The molecule has 116 valence electrons. The molecule has 3 rings (SSSR count). The highest BCUT2D eigenvalue weighted by Gasteiger charge is 2.15. The standard InChI is InChI=1S/C15H11N3O5/c19-15(11-4-5-13-14(7-11)23-9-22-13)17-16-8-10-2-1-3-12(6-10)18(20)21/h1-8H,9H2,(H,17,19)/b16-8-. The number of carbonyl (C=O) groups excluding carboxylic acids is 1.